The van der Waals surface area contributed by atoms with Crippen molar-refractivity contribution in [3.05, 3.63) is 75.5 Å². The van der Waals surface area contributed by atoms with Crippen molar-refractivity contribution < 1.29 is 8.81 Å². The number of rotatable bonds is 3. The van der Waals surface area contributed by atoms with Crippen molar-refractivity contribution in [1.82, 2.24) is 9.78 Å². The van der Waals surface area contributed by atoms with Gasteiger partial charge in [-0.25, -0.2) is 9.18 Å². The van der Waals surface area contributed by atoms with Gasteiger partial charge in [-0.2, -0.15) is 4.68 Å². The van der Waals surface area contributed by atoms with E-state index in [9.17, 15) is 9.18 Å². The van der Waals surface area contributed by atoms with Crippen LogP contribution >= 0.6 is 11.6 Å². The summed E-state index contributed by atoms with van der Waals surface area (Å²) in [6.07, 6.45) is 0. The molecule has 0 aliphatic rings. The first-order chi connectivity index (χ1) is 10.1. The maximum atomic E-state index is 12.9. The second-order valence-corrected chi connectivity index (χ2v) is 4.90. The maximum Gasteiger partial charge on any atom is 0.437 e. The Morgan fingerprint density at radius 1 is 1.19 bits per heavy atom. The van der Waals surface area contributed by atoms with Gasteiger partial charge in [0.15, 0.2) is 0 Å². The number of aromatic nitrogens is 2. The summed E-state index contributed by atoms with van der Waals surface area (Å²) < 4.78 is 19.2. The van der Waals surface area contributed by atoms with Crippen molar-refractivity contribution in [2.45, 2.75) is 6.54 Å². The van der Waals surface area contributed by atoms with Crippen molar-refractivity contribution in [1.29, 1.82) is 0 Å². The summed E-state index contributed by atoms with van der Waals surface area (Å²) in [6, 6.07) is 12.7. The van der Waals surface area contributed by atoms with E-state index >= 15 is 0 Å². The zero-order valence-corrected chi connectivity index (χ0v) is 11.5. The second kappa shape index (κ2) is 5.54. The quantitative estimate of drug-likeness (QED) is 0.745. The molecule has 0 fully saturated rings. The highest BCUT2D eigenvalue weighted by Crippen LogP contribution is 2.16. The van der Waals surface area contributed by atoms with E-state index in [1.54, 1.807) is 18.2 Å². The lowest BCUT2D eigenvalue weighted by Gasteiger charge is -1.99. The molecule has 21 heavy (non-hydrogen) atoms. The van der Waals surface area contributed by atoms with Crippen molar-refractivity contribution in [2.75, 3.05) is 0 Å². The maximum absolute atomic E-state index is 12.9. The van der Waals surface area contributed by atoms with Crippen LogP contribution in [0.2, 0.25) is 5.02 Å². The molecule has 0 atom stereocenters. The molecule has 0 radical (unpaired) electrons. The molecule has 0 amide bonds. The van der Waals surface area contributed by atoms with E-state index in [0.29, 0.717) is 10.6 Å². The Balaban J connectivity index is 1.91. The van der Waals surface area contributed by atoms with E-state index in [-0.39, 0.29) is 18.3 Å². The molecule has 0 spiro atoms. The monoisotopic (exact) mass is 304 g/mol. The minimum absolute atomic E-state index is 0.155. The predicted molar refractivity (Wildman–Crippen MR) is 76.7 cm³/mol. The van der Waals surface area contributed by atoms with Gasteiger partial charge in [-0.3, -0.25) is 0 Å². The normalized spacial score (nSPS) is 10.8. The number of benzene rings is 2. The molecule has 0 aliphatic carbocycles. The minimum atomic E-state index is -0.575. The summed E-state index contributed by atoms with van der Waals surface area (Å²) in [5.41, 5.74) is 1.38. The van der Waals surface area contributed by atoms with Gasteiger partial charge in [-0.1, -0.05) is 23.7 Å². The Labute approximate surface area is 124 Å². The molecule has 0 aliphatic heterocycles. The number of nitrogens with zero attached hydrogens (tertiary/aromatic N) is 2. The topological polar surface area (TPSA) is 48.0 Å². The van der Waals surface area contributed by atoms with Crippen molar-refractivity contribution in [3.63, 3.8) is 0 Å². The standard InChI is InChI=1S/C15H10ClFN2O2/c16-12-3-1-2-10(8-12)9-19-15(20)21-14(18-19)11-4-6-13(17)7-5-11/h1-8H,9H2. The molecule has 0 bridgehead atoms. The molecule has 0 N–H and O–H groups in total. The third-order valence-corrected chi connectivity index (χ3v) is 3.15. The molecule has 0 unspecified atom stereocenters. The van der Waals surface area contributed by atoms with E-state index in [1.807, 2.05) is 6.07 Å². The molecular weight excluding hydrogens is 295 g/mol. The fraction of sp³-hybridized carbons (Fsp3) is 0.0667. The highest BCUT2D eigenvalue weighted by atomic mass is 35.5. The van der Waals surface area contributed by atoms with Crippen LogP contribution in [-0.2, 0) is 6.54 Å². The van der Waals surface area contributed by atoms with Gasteiger partial charge < -0.3 is 4.42 Å². The summed E-state index contributed by atoms with van der Waals surface area (Å²) in [7, 11) is 0. The second-order valence-electron chi connectivity index (χ2n) is 4.47. The molecule has 3 rings (SSSR count). The summed E-state index contributed by atoms with van der Waals surface area (Å²) in [5, 5.41) is 4.69. The van der Waals surface area contributed by atoms with Crippen LogP contribution in [0.1, 0.15) is 5.56 Å². The fourth-order valence-electron chi connectivity index (χ4n) is 1.92. The molecular formula is C15H10ClFN2O2. The Morgan fingerprint density at radius 3 is 2.67 bits per heavy atom. The Hall–Kier alpha value is -2.40. The minimum Gasteiger partial charge on any atom is -0.388 e. The van der Waals surface area contributed by atoms with Gasteiger partial charge in [0.1, 0.15) is 5.82 Å². The lowest BCUT2D eigenvalue weighted by molar-refractivity contribution is 0.495. The average Bonchev–Trinajstić information content (AvgIpc) is 2.81. The molecule has 3 aromatic rings. The lowest BCUT2D eigenvalue weighted by Crippen LogP contribution is -2.16. The first-order valence-electron chi connectivity index (χ1n) is 6.20. The SMILES string of the molecule is O=c1oc(-c2ccc(F)cc2)nn1Cc1cccc(Cl)c1. The van der Waals surface area contributed by atoms with Gasteiger partial charge in [0.25, 0.3) is 0 Å². The number of hydrogen-bond donors (Lipinski definition) is 0. The van der Waals surface area contributed by atoms with Crippen LogP contribution in [0.4, 0.5) is 4.39 Å². The van der Waals surface area contributed by atoms with Crippen LogP contribution in [0.15, 0.2) is 57.7 Å². The average molecular weight is 305 g/mol. The van der Waals surface area contributed by atoms with Crippen LogP contribution in [0, 0.1) is 5.82 Å². The molecule has 0 saturated heterocycles. The predicted octanol–water partition coefficient (Wildman–Crippen LogP) is 3.34. The smallest absolute Gasteiger partial charge is 0.388 e. The van der Waals surface area contributed by atoms with E-state index < -0.39 is 5.76 Å². The number of hydrogen-bond acceptors (Lipinski definition) is 3. The van der Waals surface area contributed by atoms with E-state index in [0.717, 1.165) is 5.56 Å². The fourth-order valence-corrected chi connectivity index (χ4v) is 2.14. The Kier molecular flexibility index (Phi) is 3.58. The van der Waals surface area contributed by atoms with Crippen LogP contribution in [0.3, 0.4) is 0 Å². The molecule has 4 nitrogen and oxygen atoms in total. The molecule has 6 heteroatoms. The molecule has 2 aromatic carbocycles. The lowest BCUT2D eigenvalue weighted by atomic mass is 10.2. The van der Waals surface area contributed by atoms with Gasteiger partial charge in [0, 0.05) is 10.6 Å². The zero-order valence-electron chi connectivity index (χ0n) is 10.8. The van der Waals surface area contributed by atoms with Crippen LogP contribution in [0.25, 0.3) is 11.5 Å². The largest absolute Gasteiger partial charge is 0.437 e. The van der Waals surface area contributed by atoms with Crippen molar-refractivity contribution in [2.24, 2.45) is 0 Å². The third-order valence-electron chi connectivity index (χ3n) is 2.92. The van der Waals surface area contributed by atoms with Crippen molar-refractivity contribution in [3.8, 4) is 11.5 Å². The first-order valence-corrected chi connectivity index (χ1v) is 6.58. The summed E-state index contributed by atoms with van der Waals surface area (Å²) in [5.74, 6) is -0.782. The van der Waals surface area contributed by atoms with Gasteiger partial charge in [0.2, 0.25) is 5.89 Å². The molecule has 1 aromatic heterocycles. The summed E-state index contributed by atoms with van der Waals surface area (Å²) >= 11 is 5.90. The first kappa shape index (κ1) is 13.6. The van der Waals surface area contributed by atoms with Gasteiger partial charge in [0.05, 0.1) is 6.54 Å². The summed E-state index contributed by atoms with van der Waals surface area (Å²) in [6.45, 7) is 0.254. The van der Waals surface area contributed by atoms with Gasteiger partial charge >= 0.3 is 5.76 Å². The highest BCUT2D eigenvalue weighted by Gasteiger charge is 2.10. The number of halogens is 2. The molecule has 106 valence electrons. The Morgan fingerprint density at radius 2 is 1.95 bits per heavy atom. The van der Waals surface area contributed by atoms with E-state index in [1.165, 1.54) is 28.9 Å². The van der Waals surface area contributed by atoms with Crippen LogP contribution in [-0.4, -0.2) is 9.78 Å². The van der Waals surface area contributed by atoms with Crippen LogP contribution in [0.5, 0.6) is 0 Å². The van der Waals surface area contributed by atoms with E-state index in [2.05, 4.69) is 5.10 Å². The van der Waals surface area contributed by atoms with Gasteiger partial charge in [-0.05, 0) is 42.0 Å². The summed E-state index contributed by atoms with van der Waals surface area (Å²) in [4.78, 5) is 11.8. The highest BCUT2D eigenvalue weighted by molar-refractivity contribution is 6.30. The molecule has 0 saturated carbocycles. The van der Waals surface area contributed by atoms with E-state index in [4.69, 9.17) is 16.0 Å². The Bertz CT molecular complexity index is 824. The molecule has 1 heterocycles. The van der Waals surface area contributed by atoms with Crippen LogP contribution < -0.4 is 5.76 Å². The van der Waals surface area contributed by atoms with Gasteiger partial charge in [-0.15, -0.1) is 5.10 Å². The zero-order chi connectivity index (χ0) is 14.8. The van der Waals surface area contributed by atoms with Crippen molar-refractivity contribution >= 4 is 11.6 Å². The third kappa shape index (κ3) is 3.03.